The van der Waals surface area contributed by atoms with E-state index in [1.807, 2.05) is 24.3 Å². The van der Waals surface area contributed by atoms with Gasteiger partial charge in [0.25, 0.3) is 0 Å². The highest BCUT2D eigenvalue weighted by Gasteiger charge is 2.07. The minimum atomic E-state index is 0.265. The molecule has 1 unspecified atom stereocenters. The van der Waals surface area contributed by atoms with Crippen LogP contribution in [0.25, 0.3) is 0 Å². The highest BCUT2D eigenvalue weighted by atomic mass is 79.9. The first-order chi connectivity index (χ1) is 6.09. The molecule has 72 valence electrons. The zero-order valence-corrected chi connectivity index (χ0v) is 9.84. The van der Waals surface area contributed by atoms with E-state index in [1.165, 1.54) is 0 Å². The summed E-state index contributed by atoms with van der Waals surface area (Å²) >= 11 is 3.39. The molecule has 1 aromatic carbocycles. The molecular formula is C11H15BrO. The molecule has 1 aromatic rings. The Bertz CT molecular complexity index is 253. The zero-order valence-electron chi connectivity index (χ0n) is 8.25. The maximum atomic E-state index is 5.71. The monoisotopic (exact) mass is 242 g/mol. The van der Waals surface area contributed by atoms with E-state index >= 15 is 0 Å². The van der Waals surface area contributed by atoms with Gasteiger partial charge in [0.05, 0.1) is 6.10 Å². The molecule has 0 fully saturated rings. The highest BCUT2D eigenvalue weighted by molar-refractivity contribution is 9.10. The van der Waals surface area contributed by atoms with E-state index in [2.05, 4.69) is 36.7 Å². The van der Waals surface area contributed by atoms with E-state index in [1.54, 1.807) is 0 Å². The molecule has 13 heavy (non-hydrogen) atoms. The Kier molecular flexibility index (Phi) is 3.79. The molecule has 0 N–H and O–H groups in total. The van der Waals surface area contributed by atoms with Gasteiger partial charge in [0.1, 0.15) is 5.75 Å². The lowest BCUT2D eigenvalue weighted by Gasteiger charge is -2.17. The second kappa shape index (κ2) is 4.66. The van der Waals surface area contributed by atoms with Gasteiger partial charge in [-0.2, -0.15) is 0 Å². The van der Waals surface area contributed by atoms with Crippen molar-refractivity contribution >= 4 is 15.9 Å². The summed E-state index contributed by atoms with van der Waals surface area (Å²) in [6.07, 6.45) is 0.265. The van der Waals surface area contributed by atoms with Crippen LogP contribution < -0.4 is 4.74 Å². The van der Waals surface area contributed by atoms with E-state index in [-0.39, 0.29) is 6.10 Å². The molecule has 1 atom stereocenters. The molecule has 0 heterocycles. The predicted octanol–water partition coefficient (Wildman–Crippen LogP) is 3.87. The first-order valence-corrected chi connectivity index (χ1v) is 5.31. The third-order valence-corrected chi connectivity index (χ3v) is 2.60. The highest BCUT2D eigenvalue weighted by Crippen LogP contribution is 2.18. The molecule has 2 heteroatoms. The van der Waals surface area contributed by atoms with Gasteiger partial charge in [-0.15, -0.1) is 0 Å². The lowest BCUT2D eigenvalue weighted by molar-refractivity contribution is 0.170. The van der Waals surface area contributed by atoms with Crippen molar-refractivity contribution in [3.63, 3.8) is 0 Å². The van der Waals surface area contributed by atoms with Crippen LogP contribution >= 0.6 is 15.9 Å². The van der Waals surface area contributed by atoms with E-state index in [0.717, 1.165) is 10.2 Å². The maximum absolute atomic E-state index is 5.71. The Morgan fingerprint density at radius 1 is 1.08 bits per heavy atom. The number of hydrogen-bond donors (Lipinski definition) is 0. The van der Waals surface area contributed by atoms with Crippen LogP contribution in [0.1, 0.15) is 20.8 Å². The lowest BCUT2D eigenvalue weighted by atomic mass is 10.1. The Labute approximate surface area is 88.2 Å². The first kappa shape index (κ1) is 10.6. The summed E-state index contributed by atoms with van der Waals surface area (Å²) in [5, 5.41) is 0. The minimum Gasteiger partial charge on any atom is -0.490 e. The zero-order chi connectivity index (χ0) is 9.84. The van der Waals surface area contributed by atoms with Gasteiger partial charge in [-0.05, 0) is 37.1 Å². The van der Waals surface area contributed by atoms with Crippen molar-refractivity contribution in [2.75, 3.05) is 0 Å². The standard InChI is InChI=1S/C11H15BrO/c1-8(2)9(3)13-11-6-4-10(12)5-7-11/h4-9H,1-3H3. The van der Waals surface area contributed by atoms with Crippen molar-refractivity contribution in [3.8, 4) is 5.75 Å². The lowest BCUT2D eigenvalue weighted by Crippen LogP contribution is -2.18. The van der Waals surface area contributed by atoms with Gasteiger partial charge in [-0.25, -0.2) is 0 Å². The molecule has 0 saturated heterocycles. The van der Waals surface area contributed by atoms with Crippen molar-refractivity contribution < 1.29 is 4.74 Å². The summed E-state index contributed by atoms with van der Waals surface area (Å²) in [6.45, 7) is 6.40. The first-order valence-electron chi connectivity index (χ1n) is 4.52. The number of hydrogen-bond acceptors (Lipinski definition) is 1. The fourth-order valence-corrected chi connectivity index (χ4v) is 1.13. The van der Waals surface area contributed by atoms with Crippen LogP contribution in [0.3, 0.4) is 0 Å². The molecule has 1 rings (SSSR count). The topological polar surface area (TPSA) is 9.23 Å². The summed E-state index contributed by atoms with van der Waals surface area (Å²) in [5.41, 5.74) is 0. The number of ether oxygens (including phenoxy) is 1. The summed E-state index contributed by atoms with van der Waals surface area (Å²) < 4.78 is 6.79. The Morgan fingerprint density at radius 2 is 1.62 bits per heavy atom. The smallest absolute Gasteiger partial charge is 0.119 e. The third-order valence-electron chi connectivity index (χ3n) is 2.07. The molecule has 0 aliphatic heterocycles. The van der Waals surface area contributed by atoms with Gasteiger partial charge in [-0.1, -0.05) is 29.8 Å². The van der Waals surface area contributed by atoms with E-state index < -0.39 is 0 Å². The van der Waals surface area contributed by atoms with Gasteiger partial charge < -0.3 is 4.74 Å². The molecule has 0 aliphatic rings. The average Bonchev–Trinajstić information content (AvgIpc) is 2.08. The maximum Gasteiger partial charge on any atom is 0.119 e. The van der Waals surface area contributed by atoms with Crippen molar-refractivity contribution in [3.05, 3.63) is 28.7 Å². The second-order valence-corrected chi connectivity index (χ2v) is 4.44. The fraction of sp³-hybridized carbons (Fsp3) is 0.455. The van der Waals surface area contributed by atoms with Crippen molar-refractivity contribution in [2.45, 2.75) is 26.9 Å². The van der Waals surface area contributed by atoms with Gasteiger partial charge in [-0.3, -0.25) is 0 Å². The quantitative estimate of drug-likeness (QED) is 0.782. The van der Waals surface area contributed by atoms with Gasteiger partial charge in [0.2, 0.25) is 0 Å². The van der Waals surface area contributed by atoms with E-state index in [9.17, 15) is 0 Å². The van der Waals surface area contributed by atoms with Crippen LogP contribution in [-0.2, 0) is 0 Å². The molecule has 0 spiro atoms. The SMILES string of the molecule is CC(C)C(C)Oc1ccc(Br)cc1. The van der Waals surface area contributed by atoms with Crippen molar-refractivity contribution in [1.82, 2.24) is 0 Å². The normalized spacial score (nSPS) is 13.0. The number of halogens is 1. The summed E-state index contributed by atoms with van der Waals surface area (Å²) in [7, 11) is 0. The van der Waals surface area contributed by atoms with Crippen LogP contribution in [-0.4, -0.2) is 6.10 Å². The Balaban J connectivity index is 2.59. The largest absolute Gasteiger partial charge is 0.490 e. The van der Waals surface area contributed by atoms with Gasteiger partial charge >= 0.3 is 0 Å². The predicted molar refractivity (Wildman–Crippen MR) is 59.1 cm³/mol. The second-order valence-electron chi connectivity index (χ2n) is 3.52. The van der Waals surface area contributed by atoms with Gasteiger partial charge in [0, 0.05) is 4.47 Å². The molecule has 0 aliphatic carbocycles. The fourth-order valence-electron chi connectivity index (χ4n) is 0.864. The molecule has 0 amide bonds. The number of rotatable bonds is 3. The summed E-state index contributed by atoms with van der Waals surface area (Å²) in [4.78, 5) is 0. The van der Waals surface area contributed by atoms with Crippen molar-refractivity contribution in [2.24, 2.45) is 5.92 Å². The Morgan fingerprint density at radius 3 is 2.08 bits per heavy atom. The van der Waals surface area contributed by atoms with Crippen molar-refractivity contribution in [1.29, 1.82) is 0 Å². The molecule has 1 nitrogen and oxygen atoms in total. The van der Waals surface area contributed by atoms with Crippen LogP contribution in [0.2, 0.25) is 0 Å². The summed E-state index contributed by atoms with van der Waals surface area (Å²) in [6, 6.07) is 7.93. The molecule has 0 aromatic heterocycles. The molecule has 0 bridgehead atoms. The van der Waals surface area contributed by atoms with E-state index in [0.29, 0.717) is 5.92 Å². The molecule has 0 saturated carbocycles. The van der Waals surface area contributed by atoms with Crippen LogP contribution in [0, 0.1) is 5.92 Å². The van der Waals surface area contributed by atoms with Crippen LogP contribution in [0.4, 0.5) is 0 Å². The number of benzene rings is 1. The third kappa shape index (κ3) is 3.39. The van der Waals surface area contributed by atoms with Crippen LogP contribution in [0.5, 0.6) is 5.75 Å². The van der Waals surface area contributed by atoms with E-state index in [4.69, 9.17) is 4.74 Å². The Hall–Kier alpha value is -0.500. The van der Waals surface area contributed by atoms with Gasteiger partial charge in [0.15, 0.2) is 0 Å². The average molecular weight is 243 g/mol. The minimum absolute atomic E-state index is 0.265. The van der Waals surface area contributed by atoms with Crippen LogP contribution in [0.15, 0.2) is 28.7 Å². The summed E-state index contributed by atoms with van der Waals surface area (Å²) in [5.74, 6) is 1.48. The molecular weight excluding hydrogens is 228 g/mol. The molecule has 0 radical (unpaired) electrons.